The van der Waals surface area contributed by atoms with Gasteiger partial charge >= 0.3 is 0 Å². The predicted octanol–water partition coefficient (Wildman–Crippen LogP) is 2.83. The lowest BCUT2D eigenvalue weighted by Gasteiger charge is -2.21. The monoisotopic (exact) mass is 348 g/mol. The normalized spacial score (nSPS) is 11.5. The molecule has 0 amide bonds. The van der Waals surface area contributed by atoms with E-state index in [0.29, 0.717) is 5.95 Å². The second-order valence-corrected chi connectivity index (χ2v) is 7.64. The fourth-order valence-electron chi connectivity index (χ4n) is 2.49. The molecule has 24 heavy (non-hydrogen) atoms. The molecule has 130 valence electrons. The zero-order valence-corrected chi connectivity index (χ0v) is 15.2. The van der Waals surface area contributed by atoms with E-state index in [2.05, 4.69) is 23.8 Å². The summed E-state index contributed by atoms with van der Waals surface area (Å²) >= 11 is 0. The van der Waals surface area contributed by atoms with E-state index in [4.69, 9.17) is 5.73 Å². The molecule has 0 aliphatic heterocycles. The van der Waals surface area contributed by atoms with Crippen LogP contribution in [0.3, 0.4) is 0 Å². The highest BCUT2D eigenvalue weighted by atomic mass is 32.2. The topological polar surface area (TPSA) is 89.2 Å². The highest BCUT2D eigenvalue weighted by molar-refractivity contribution is 7.91. The molecule has 7 heteroatoms. The molecule has 6 nitrogen and oxygen atoms in total. The molecule has 2 rings (SSSR count). The average Bonchev–Trinajstić information content (AvgIpc) is 2.54. The molecule has 1 heterocycles. The highest BCUT2D eigenvalue weighted by Crippen LogP contribution is 2.26. The second kappa shape index (κ2) is 7.61. The Hall–Kier alpha value is -2.15. The van der Waals surface area contributed by atoms with Crippen LogP contribution in [0, 0.1) is 6.92 Å². The number of benzene rings is 1. The van der Waals surface area contributed by atoms with Gasteiger partial charge in [-0.1, -0.05) is 26.0 Å². The number of nitrogens with zero attached hydrogens (tertiary/aromatic N) is 3. The van der Waals surface area contributed by atoms with Crippen LogP contribution < -0.4 is 10.6 Å². The summed E-state index contributed by atoms with van der Waals surface area (Å²) in [5.41, 5.74) is 6.82. The summed E-state index contributed by atoms with van der Waals surface area (Å²) in [4.78, 5) is 10.6. The Morgan fingerprint density at radius 2 is 1.83 bits per heavy atom. The number of anilines is 2. The molecular weight excluding hydrogens is 324 g/mol. The van der Waals surface area contributed by atoms with Crippen molar-refractivity contribution in [2.24, 2.45) is 0 Å². The van der Waals surface area contributed by atoms with Crippen molar-refractivity contribution < 1.29 is 8.42 Å². The Labute approximate surface area is 143 Å². The molecule has 0 saturated heterocycles. The van der Waals surface area contributed by atoms with E-state index < -0.39 is 9.84 Å². The summed E-state index contributed by atoms with van der Waals surface area (Å²) in [6, 6.07) is 6.71. The maximum absolute atomic E-state index is 12.8. The number of hydrogen-bond donors (Lipinski definition) is 1. The third-order valence-electron chi connectivity index (χ3n) is 3.63. The van der Waals surface area contributed by atoms with Gasteiger partial charge in [-0.3, -0.25) is 0 Å². The molecule has 2 N–H and O–H groups in total. The van der Waals surface area contributed by atoms with Gasteiger partial charge in [0.05, 0.1) is 11.1 Å². The number of rotatable bonds is 7. The Kier molecular flexibility index (Phi) is 5.77. The minimum atomic E-state index is -3.73. The summed E-state index contributed by atoms with van der Waals surface area (Å²) in [7, 11) is -3.73. The minimum absolute atomic E-state index is 0.0151. The molecule has 0 aliphatic rings. The fourth-order valence-corrected chi connectivity index (χ4v) is 3.86. The molecule has 0 radical (unpaired) electrons. The maximum atomic E-state index is 12.8. The number of aryl methyl sites for hydroxylation is 1. The van der Waals surface area contributed by atoms with E-state index in [-0.39, 0.29) is 15.6 Å². The number of aromatic nitrogens is 2. The molecule has 0 bridgehead atoms. The molecule has 0 saturated carbocycles. The first-order chi connectivity index (χ1) is 11.4. The van der Waals surface area contributed by atoms with E-state index in [9.17, 15) is 8.42 Å². The number of nitrogens with two attached hydrogens (primary N) is 1. The van der Waals surface area contributed by atoms with Crippen molar-refractivity contribution in [1.82, 2.24) is 9.97 Å². The first-order valence-corrected chi connectivity index (χ1v) is 9.57. The van der Waals surface area contributed by atoms with Gasteiger partial charge < -0.3 is 10.6 Å². The van der Waals surface area contributed by atoms with Gasteiger partial charge in [-0.25, -0.2) is 13.4 Å². The van der Waals surface area contributed by atoms with Crippen LogP contribution >= 0.6 is 0 Å². The van der Waals surface area contributed by atoms with Crippen LogP contribution in [-0.2, 0) is 9.84 Å². The van der Waals surface area contributed by atoms with Gasteiger partial charge in [0.15, 0.2) is 0 Å². The lowest BCUT2D eigenvalue weighted by molar-refractivity contribution is 0.595. The van der Waals surface area contributed by atoms with Crippen molar-refractivity contribution in [3.05, 3.63) is 36.0 Å². The Bertz CT molecular complexity index is 800. The van der Waals surface area contributed by atoms with E-state index >= 15 is 0 Å². The molecule has 2 aromatic rings. The van der Waals surface area contributed by atoms with Crippen molar-refractivity contribution in [2.45, 2.75) is 43.4 Å². The van der Waals surface area contributed by atoms with Gasteiger partial charge in [0.2, 0.25) is 15.8 Å². The summed E-state index contributed by atoms with van der Waals surface area (Å²) in [6.45, 7) is 7.59. The van der Waals surface area contributed by atoms with E-state index in [0.717, 1.165) is 31.5 Å². The summed E-state index contributed by atoms with van der Waals surface area (Å²) < 4.78 is 25.5. The molecule has 0 aliphatic carbocycles. The van der Waals surface area contributed by atoms with Gasteiger partial charge in [0, 0.05) is 13.1 Å². The fraction of sp³-hybridized carbons (Fsp3) is 0.412. The van der Waals surface area contributed by atoms with Crippen molar-refractivity contribution in [1.29, 1.82) is 0 Å². The van der Waals surface area contributed by atoms with Crippen LogP contribution in [0.2, 0.25) is 0 Å². The van der Waals surface area contributed by atoms with Crippen molar-refractivity contribution in [3.8, 4) is 0 Å². The summed E-state index contributed by atoms with van der Waals surface area (Å²) in [5, 5.41) is 0. The second-order valence-electron chi connectivity index (χ2n) is 5.73. The standard InChI is InChI=1S/C17H24N4O2S/c1-4-9-21(10-5-2)17-19-12-15(16(18)20-17)24(22,23)14-8-6-7-13(3)11-14/h6-8,11-12H,4-5,9-10H2,1-3H3,(H2,18,19,20). The lowest BCUT2D eigenvalue weighted by Crippen LogP contribution is -2.27. The first kappa shape index (κ1) is 18.2. The molecule has 0 spiro atoms. The predicted molar refractivity (Wildman–Crippen MR) is 95.9 cm³/mol. The van der Waals surface area contributed by atoms with Crippen LogP contribution in [0.25, 0.3) is 0 Å². The van der Waals surface area contributed by atoms with E-state index in [1.54, 1.807) is 18.2 Å². The Morgan fingerprint density at radius 1 is 1.17 bits per heavy atom. The molecule has 0 atom stereocenters. The van der Waals surface area contributed by atoms with Crippen LogP contribution in [0.5, 0.6) is 0 Å². The smallest absolute Gasteiger partial charge is 0.227 e. The SMILES string of the molecule is CCCN(CCC)c1ncc(S(=O)(=O)c2cccc(C)c2)c(N)n1. The molecule has 1 aromatic carbocycles. The third kappa shape index (κ3) is 3.84. The van der Waals surface area contributed by atoms with Crippen LogP contribution in [-0.4, -0.2) is 31.5 Å². The number of sulfone groups is 1. The highest BCUT2D eigenvalue weighted by Gasteiger charge is 2.23. The first-order valence-electron chi connectivity index (χ1n) is 8.09. The third-order valence-corrected chi connectivity index (χ3v) is 5.40. The number of hydrogen-bond acceptors (Lipinski definition) is 6. The zero-order chi connectivity index (χ0) is 17.7. The van der Waals surface area contributed by atoms with Crippen molar-refractivity contribution in [3.63, 3.8) is 0 Å². The Morgan fingerprint density at radius 3 is 2.38 bits per heavy atom. The minimum Gasteiger partial charge on any atom is -0.382 e. The van der Waals surface area contributed by atoms with Crippen molar-refractivity contribution >= 4 is 21.6 Å². The average molecular weight is 348 g/mol. The van der Waals surface area contributed by atoms with E-state index in [1.165, 1.54) is 6.20 Å². The summed E-state index contributed by atoms with van der Waals surface area (Å²) in [6.07, 6.45) is 3.22. The molecule has 1 aromatic heterocycles. The van der Waals surface area contributed by atoms with Gasteiger partial charge in [-0.05, 0) is 37.5 Å². The van der Waals surface area contributed by atoms with Crippen LogP contribution in [0.4, 0.5) is 11.8 Å². The lowest BCUT2D eigenvalue weighted by atomic mass is 10.2. The van der Waals surface area contributed by atoms with Crippen molar-refractivity contribution in [2.75, 3.05) is 23.7 Å². The zero-order valence-electron chi connectivity index (χ0n) is 14.4. The van der Waals surface area contributed by atoms with Gasteiger partial charge in [0.1, 0.15) is 10.7 Å². The molecular formula is C17H24N4O2S. The molecule has 0 unspecified atom stereocenters. The van der Waals surface area contributed by atoms with Gasteiger partial charge in [-0.15, -0.1) is 0 Å². The maximum Gasteiger partial charge on any atom is 0.227 e. The van der Waals surface area contributed by atoms with Crippen LogP contribution in [0.15, 0.2) is 40.3 Å². The Balaban J connectivity index is 2.42. The van der Waals surface area contributed by atoms with Crippen LogP contribution in [0.1, 0.15) is 32.3 Å². The molecule has 0 fully saturated rings. The van der Waals surface area contributed by atoms with Gasteiger partial charge in [0.25, 0.3) is 0 Å². The summed E-state index contributed by atoms with van der Waals surface area (Å²) in [5.74, 6) is 0.457. The quantitative estimate of drug-likeness (QED) is 0.827. The largest absolute Gasteiger partial charge is 0.382 e. The van der Waals surface area contributed by atoms with E-state index in [1.807, 2.05) is 17.9 Å². The van der Waals surface area contributed by atoms with Gasteiger partial charge in [-0.2, -0.15) is 4.98 Å². The number of nitrogen functional groups attached to an aromatic ring is 1.